The molecule has 1 aliphatic rings. The van der Waals surface area contributed by atoms with Crippen molar-refractivity contribution < 1.29 is 4.79 Å². The molecule has 0 bridgehead atoms. The molecular formula is C19H25N3OS2. The molecule has 4 nitrogen and oxygen atoms in total. The van der Waals surface area contributed by atoms with Gasteiger partial charge in [0.25, 0.3) is 0 Å². The fourth-order valence-electron chi connectivity index (χ4n) is 2.96. The highest BCUT2D eigenvalue weighted by atomic mass is 32.2. The molecule has 0 saturated carbocycles. The SMILES string of the molecule is Cc1ccc(C)c(SCC(=O)N2CCN(Cc3csc(C)n3)CC2)c1. The molecule has 1 aromatic heterocycles. The van der Waals surface area contributed by atoms with Crippen LogP contribution in [0.1, 0.15) is 21.8 Å². The Morgan fingerprint density at radius 1 is 1.20 bits per heavy atom. The summed E-state index contributed by atoms with van der Waals surface area (Å²) in [5.41, 5.74) is 3.63. The minimum atomic E-state index is 0.245. The number of aromatic nitrogens is 1. The first kappa shape index (κ1) is 18.4. The van der Waals surface area contributed by atoms with E-state index in [9.17, 15) is 4.79 Å². The van der Waals surface area contributed by atoms with Crippen LogP contribution in [0.2, 0.25) is 0 Å². The average molecular weight is 376 g/mol. The molecule has 1 saturated heterocycles. The van der Waals surface area contributed by atoms with Gasteiger partial charge in [-0.25, -0.2) is 4.98 Å². The Balaban J connectivity index is 1.46. The molecular weight excluding hydrogens is 350 g/mol. The number of benzene rings is 1. The molecule has 1 aromatic carbocycles. The maximum atomic E-state index is 12.5. The standard InChI is InChI=1S/C19H25N3OS2/c1-14-4-5-15(2)18(10-14)25-13-19(23)22-8-6-21(7-9-22)11-17-12-24-16(3)20-17/h4-5,10,12H,6-9,11,13H2,1-3H3. The zero-order valence-electron chi connectivity index (χ0n) is 15.1. The van der Waals surface area contributed by atoms with Crippen molar-refractivity contribution in [2.45, 2.75) is 32.2 Å². The van der Waals surface area contributed by atoms with E-state index in [-0.39, 0.29) is 5.91 Å². The first-order valence-electron chi connectivity index (χ1n) is 8.62. The number of aryl methyl sites for hydroxylation is 3. The molecule has 1 fully saturated rings. The topological polar surface area (TPSA) is 36.4 Å². The summed E-state index contributed by atoms with van der Waals surface area (Å²) in [6.07, 6.45) is 0. The van der Waals surface area contributed by atoms with Crippen molar-refractivity contribution in [3.63, 3.8) is 0 Å². The van der Waals surface area contributed by atoms with E-state index in [0.29, 0.717) is 5.75 Å². The van der Waals surface area contributed by atoms with Gasteiger partial charge in [-0.1, -0.05) is 17.7 Å². The second kappa shape index (κ2) is 8.34. The highest BCUT2D eigenvalue weighted by molar-refractivity contribution is 8.00. The van der Waals surface area contributed by atoms with Crippen LogP contribution in [0.15, 0.2) is 28.5 Å². The highest BCUT2D eigenvalue weighted by Gasteiger charge is 2.21. The molecule has 2 aromatic rings. The van der Waals surface area contributed by atoms with Crippen molar-refractivity contribution >= 4 is 29.0 Å². The molecule has 134 valence electrons. The van der Waals surface area contributed by atoms with E-state index in [4.69, 9.17) is 0 Å². The lowest BCUT2D eigenvalue weighted by Gasteiger charge is -2.34. The average Bonchev–Trinajstić information content (AvgIpc) is 3.01. The van der Waals surface area contributed by atoms with Crippen LogP contribution in [0.4, 0.5) is 0 Å². The maximum absolute atomic E-state index is 12.5. The van der Waals surface area contributed by atoms with Crippen molar-refractivity contribution in [2.24, 2.45) is 0 Å². The Labute approximate surface area is 158 Å². The van der Waals surface area contributed by atoms with E-state index in [1.165, 1.54) is 16.0 Å². The van der Waals surface area contributed by atoms with Gasteiger partial charge in [-0.3, -0.25) is 9.69 Å². The maximum Gasteiger partial charge on any atom is 0.233 e. The van der Waals surface area contributed by atoms with Gasteiger partial charge in [0.2, 0.25) is 5.91 Å². The van der Waals surface area contributed by atoms with E-state index in [1.807, 2.05) is 11.8 Å². The van der Waals surface area contributed by atoms with E-state index >= 15 is 0 Å². The van der Waals surface area contributed by atoms with Crippen LogP contribution < -0.4 is 0 Å². The number of rotatable bonds is 5. The molecule has 0 atom stereocenters. The van der Waals surface area contributed by atoms with E-state index in [0.717, 1.165) is 43.4 Å². The lowest BCUT2D eigenvalue weighted by atomic mass is 10.2. The Hall–Kier alpha value is -1.37. The molecule has 1 aliphatic heterocycles. The second-order valence-electron chi connectivity index (χ2n) is 6.57. The zero-order chi connectivity index (χ0) is 17.8. The van der Waals surface area contributed by atoms with Crippen molar-refractivity contribution in [1.82, 2.24) is 14.8 Å². The monoisotopic (exact) mass is 375 g/mol. The summed E-state index contributed by atoms with van der Waals surface area (Å²) in [6.45, 7) is 10.6. The summed E-state index contributed by atoms with van der Waals surface area (Å²) in [6, 6.07) is 6.41. The fraction of sp³-hybridized carbons (Fsp3) is 0.474. The molecule has 3 rings (SSSR count). The third-order valence-corrected chi connectivity index (χ3v) is 6.44. The van der Waals surface area contributed by atoms with Gasteiger partial charge in [-0.15, -0.1) is 23.1 Å². The first-order chi connectivity index (χ1) is 12.0. The summed E-state index contributed by atoms with van der Waals surface area (Å²) in [7, 11) is 0. The van der Waals surface area contributed by atoms with Crippen LogP contribution in [0.25, 0.3) is 0 Å². The van der Waals surface area contributed by atoms with Crippen LogP contribution in [0, 0.1) is 20.8 Å². The van der Waals surface area contributed by atoms with Crippen molar-refractivity contribution in [3.8, 4) is 0 Å². The highest BCUT2D eigenvalue weighted by Crippen LogP contribution is 2.24. The summed E-state index contributed by atoms with van der Waals surface area (Å²) in [5, 5.41) is 3.25. The number of carbonyl (C=O) groups excluding carboxylic acids is 1. The minimum absolute atomic E-state index is 0.245. The van der Waals surface area contributed by atoms with Crippen LogP contribution in [-0.4, -0.2) is 52.6 Å². The number of hydrogen-bond donors (Lipinski definition) is 0. The Bertz CT molecular complexity index is 736. The third-order valence-electron chi connectivity index (χ3n) is 4.47. The Morgan fingerprint density at radius 2 is 1.96 bits per heavy atom. The van der Waals surface area contributed by atoms with Gasteiger partial charge in [0.15, 0.2) is 0 Å². The lowest BCUT2D eigenvalue weighted by molar-refractivity contribution is -0.130. The van der Waals surface area contributed by atoms with Crippen molar-refractivity contribution in [3.05, 3.63) is 45.4 Å². The van der Waals surface area contributed by atoms with Gasteiger partial charge in [-0.05, 0) is 32.4 Å². The smallest absolute Gasteiger partial charge is 0.233 e. The summed E-state index contributed by atoms with van der Waals surface area (Å²) < 4.78 is 0. The van der Waals surface area contributed by atoms with Gasteiger partial charge in [-0.2, -0.15) is 0 Å². The van der Waals surface area contributed by atoms with Crippen LogP contribution in [0.3, 0.4) is 0 Å². The van der Waals surface area contributed by atoms with Gasteiger partial charge in [0, 0.05) is 43.0 Å². The molecule has 6 heteroatoms. The summed E-state index contributed by atoms with van der Waals surface area (Å²) in [4.78, 5) is 22.6. The molecule has 0 aliphatic carbocycles. The quantitative estimate of drug-likeness (QED) is 0.750. The van der Waals surface area contributed by atoms with Crippen LogP contribution >= 0.6 is 23.1 Å². The van der Waals surface area contributed by atoms with Gasteiger partial charge in [0.1, 0.15) is 0 Å². The summed E-state index contributed by atoms with van der Waals surface area (Å²) >= 11 is 3.36. The summed E-state index contributed by atoms with van der Waals surface area (Å²) in [5.74, 6) is 0.769. The predicted molar refractivity (Wildman–Crippen MR) is 105 cm³/mol. The number of hydrogen-bond acceptors (Lipinski definition) is 5. The first-order valence-corrected chi connectivity index (χ1v) is 10.5. The fourth-order valence-corrected chi connectivity index (χ4v) is 4.59. The molecule has 2 heterocycles. The predicted octanol–water partition coefficient (Wildman–Crippen LogP) is 3.50. The molecule has 0 spiro atoms. The molecule has 0 unspecified atom stereocenters. The largest absolute Gasteiger partial charge is 0.339 e. The van der Waals surface area contributed by atoms with Crippen molar-refractivity contribution in [1.29, 1.82) is 0 Å². The molecule has 0 radical (unpaired) electrons. The number of thiazole rings is 1. The number of amides is 1. The number of nitrogens with zero attached hydrogens (tertiary/aromatic N) is 3. The van der Waals surface area contributed by atoms with Crippen molar-refractivity contribution in [2.75, 3.05) is 31.9 Å². The Kier molecular flexibility index (Phi) is 6.15. The van der Waals surface area contributed by atoms with E-state index in [2.05, 4.69) is 47.3 Å². The normalized spacial score (nSPS) is 15.6. The second-order valence-corrected chi connectivity index (χ2v) is 8.65. The number of thioether (sulfide) groups is 1. The minimum Gasteiger partial charge on any atom is -0.339 e. The van der Waals surface area contributed by atoms with Crippen LogP contribution in [0.5, 0.6) is 0 Å². The Morgan fingerprint density at radius 3 is 2.64 bits per heavy atom. The molecule has 0 N–H and O–H groups in total. The number of carbonyl (C=O) groups is 1. The third kappa shape index (κ3) is 5.06. The van der Waals surface area contributed by atoms with Gasteiger partial charge < -0.3 is 4.90 Å². The molecule has 1 amide bonds. The van der Waals surface area contributed by atoms with Gasteiger partial charge in [0.05, 0.1) is 16.5 Å². The van der Waals surface area contributed by atoms with Gasteiger partial charge >= 0.3 is 0 Å². The van der Waals surface area contributed by atoms with E-state index in [1.54, 1.807) is 23.1 Å². The molecule has 25 heavy (non-hydrogen) atoms. The van der Waals surface area contributed by atoms with Crippen LogP contribution in [-0.2, 0) is 11.3 Å². The number of piperazine rings is 1. The van der Waals surface area contributed by atoms with E-state index < -0.39 is 0 Å². The lowest BCUT2D eigenvalue weighted by Crippen LogP contribution is -2.48. The zero-order valence-corrected chi connectivity index (χ0v) is 16.8.